The molecule has 0 radical (unpaired) electrons. The Kier molecular flexibility index (Phi) is 4.57. The number of hydrogen-bond donors (Lipinski definition) is 2. The molecule has 0 spiro atoms. The lowest BCUT2D eigenvalue weighted by atomic mass is 10.3. The van der Waals surface area contributed by atoms with Crippen molar-refractivity contribution in [2.45, 2.75) is 19.9 Å². The van der Waals surface area contributed by atoms with Gasteiger partial charge in [0, 0.05) is 19.2 Å². The van der Waals surface area contributed by atoms with Crippen LogP contribution in [0.1, 0.15) is 12.7 Å². The second-order valence-corrected chi connectivity index (χ2v) is 4.58. The molecule has 2 N–H and O–H groups in total. The summed E-state index contributed by atoms with van der Waals surface area (Å²) in [7, 11) is 0. The van der Waals surface area contributed by atoms with Crippen LogP contribution in [0.3, 0.4) is 0 Å². The molecule has 8 heteroatoms. The molecule has 0 unspecified atom stereocenters. The molecule has 3 amide bonds. The third-order valence-electron chi connectivity index (χ3n) is 2.91. The Hall–Kier alpha value is -2.09. The highest BCUT2D eigenvalue weighted by Gasteiger charge is 2.22. The van der Waals surface area contributed by atoms with Crippen molar-refractivity contribution in [3.05, 3.63) is 11.8 Å². The number of rotatable bonds is 3. The third-order valence-corrected chi connectivity index (χ3v) is 2.91. The lowest BCUT2D eigenvalue weighted by Crippen LogP contribution is -2.51. The molecule has 1 aromatic heterocycles. The molecule has 0 aromatic carbocycles. The summed E-state index contributed by atoms with van der Waals surface area (Å²) < 4.78 is 10.0. The Balaban J connectivity index is 1.82. The minimum Gasteiger partial charge on any atom is -0.378 e. The fraction of sp³-hybridized carbons (Fsp3) is 0.583. The van der Waals surface area contributed by atoms with Crippen molar-refractivity contribution in [2.75, 3.05) is 31.6 Å². The van der Waals surface area contributed by atoms with Crippen LogP contribution < -0.4 is 10.6 Å². The number of amides is 3. The molecule has 1 atom stereocenters. The van der Waals surface area contributed by atoms with Gasteiger partial charge in [-0.15, -0.1) is 0 Å². The molecular weight excluding hydrogens is 264 g/mol. The fourth-order valence-corrected chi connectivity index (χ4v) is 1.77. The Bertz CT molecular complexity index is 482. The molecule has 1 fully saturated rings. The number of urea groups is 1. The molecule has 20 heavy (non-hydrogen) atoms. The van der Waals surface area contributed by atoms with Crippen molar-refractivity contribution in [2.24, 2.45) is 0 Å². The van der Waals surface area contributed by atoms with Crippen molar-refractivity contribution in [1.82, 2.24) is 15.4 Å². The van der Waals surface area contributed by atoms with Crippen molar-refractivity contribution in [3.63, 3.8) is 0 Å². The van der Waals surface area contributed by atoms with E-state index in [9.17, 15) is 9.59 Å². The molecule has 2 heterocycles. The minimum atomic E-state index is -0.664. The van der Waals surface area contributed by atoms with Gasteiger partial charge < -0.3 is 24.8 Å². The Morgan fingerprint density at radius 1 is 1.40 bits per heavy atom. The predicted molar refractivity (Wildman–Crippen MR) is 70.3 cm³/mol. The van der Waals surface area contributed by atoms with Gasteiger partial charge in [0.15, 0.2) is 5.82 Å². The zero-order chi connectivity index (χ0) is 14.5. The van der Waals surface area contributed by atoms with E-state index in [1.54, 1.807) is 24.8 Å². The van der Waals surface area contributed by atoms with E-state index in [1.807, 2.05) is 0 Å². The number of morpholine rings is 1. The molecule has 1 aliphatic heterocycles. The van der Waals surface area contributed by atoms with Crippen LogP contribution in [0, 0.1) is 6.92 Å². The van der Waals surface area contributed by atoms with Crippen LogP contribution in [0.2, 0.25) is 0 Å². The number of aryl methyl sites for hydroxylation is 1. The van der Waals surface area contributed by atoms with E-state index < -0.39 is 6.04 Å². The summed E-state index contributed by atoms with van der Waals surface area (Å²) in [6, 6.07) is 0.670. The van der Waals surface area contributed by atoms with Gasteiger partial charge in [-0.25, -0.2) is 4.79 Å². The summed E-state index contributed by atoms with van der Waals surface area (Å²) in [6.45, 7) is 5.44. The zero-order valence-electron chi connectivity index (χ0n) is 11.5. The van der Waals surface area contributed by atoms with Crippen molar-refractivity contribution >= 4 is 17.8 Å². The number of ether oxygens (including phenoxy) is 1. The Morgan fingerprint density at radius 3 is 2.70 bits per heavy atom. The van der Waals surface area contributed by atoms with Gasteiger partial charge in [-0.1, -0.05) is 5.16 Å². The van der Waals surface area contributed by atoms with E-state index in [-0.39, 0.29) is 11.9 Å². The second kappa shape index (κ2) is 6.38. The van der Waals surface area contributed by atoms with Crippen LogP contribution in [-0.4, -0.2) is 54.3 Å². The normalized spacial score (nSPS) is 16.6. The highest BCUT2D eigenvalue weighted by Crippen LogP contribution is 2.07. The van der Waals surface area contributed by atoms with Crippen molar-refractivity contribution < 1.29 is 18.8 Å². The summed E-state index contributed by atoms with van der Waals surface area (Å²) in [4.78, 5) is 25.4. The number of anilines is 1. The first kappa shape index (κ1) is 14.3. The van der Waals surface area contributed by atoms with Gasteiger partial charge in [0.1, 0.15) is 11.8 Å². The van der Waals surface area contributed by atoms with Gasteiger partial charge in [-0.3, -0.25) is 4.79 Å². The van der Waals surface area contributed by atoms with Crippen LogP contribution in [0.4, 0.5) is 10.6 Å². The number of hydrogen-bond acceptors (Lipinski definition) is 5. The average molecular weight is 282 g/mol. The summed E-state index contributed by atoms with van der Waals surface area (Å²) in [5, 5.41) is 8.87. The molecule has 1 aliphatic rings. The van der Waals surface area contributed by atoms with Gasteiger partial charge in [-0.2, -0.15) is 0 Å². The highest BCUT2D eigenvalue weighted by atomic mass is 16.5. The first-order valence-electron chi connectivity index (χ1n) is 6.43. The number of carbonyl (C=O) groups is 2. The van der Waals surface area contributed by atoms with Crippen molar-refractivity contribution in [3.8, 4) is 0 Å². The fourth-order valence-electron chi connectivity index (χ4n) is 1.77. The zero-order valence-corrected chi connectivity index (χ0v) is 11.5. The summed E-state index contributed by atoms with van der Waals surface area (Å²) in [5.74, 6) is 0.588. The molecule has 0 saturated carbocycles. The van der Waals surface area contributed by atoms with Gasteiger partial charge in [0.2, 0.25) is 5.91 Å². The molecule has 8 nitrogen and oxygen atoms in total. The van der Waals surface area contributed by atoms with E-state index in [4.69, 9.17) is 9.26 Å². The quantitative estimate of drug-likeness (QED) is 0.834. The van der Waals surface area contributed by atoms with Gasteiger partial charge in [-0.05, 0) is 13.8 Å². The molecule has 1 saturated heterocycles. The maximum absolute atomic E-state index is 11.9. The number of nitrogens with one attached hydrogen (secondary N) is 2. The summed E-state index contributed by atoms with van der Waals surface area (Å²) in [6.07, 6.45) is 0. The van der Waals surface area contributed by atoms with E-state index in [0.717, 1.165) is 0 Å². The first-order chi connectivity index (χ1) is 9.56. The Labute approximate surface area is 116 Å². The number of carbonyl (C=O) groups excluding carboxylic acids is 2. The lowest BCUT2D eigenvalue weighted by Gasteiger charge is -2.28. The highest BCUT2D eigenvalue weighted by molar-refractivity contribution is 5.96. The molecule has 1 aromatic rings. The van der Waals surface area contributed by atoms with E-state index in [1.165, 1.54) is 0 Å². The van der Waals surface area contributed by atoms with E-state index in [0.29, 0.717) is 37.9 Å². The van der Waals surface area contributed by atoms with Crippen LogP contribution in [0.15, 0.2) is 10.6 Å². The summed E-state index contributed by atoms with van der Waals surface area (Å²) in [5.41, 5.74) is 0. The Morgan fingerprint density at radius 2 is 2.10 bits per heavy atom. The third kappa shape index (κ3) is 3.70. The molecule has 110 valence electrons. The van der Waals surface area contributed by atoms with Gasteiger partial charge in [0.05, 0.1) is 13.2 Å². The van der Waals surface area contributed by atoms with E-state index in [2.05, 4.69) is 15.8 Å². The van der Waals surface area contributed by atoms with Crippen molar-refractivity contribution in [1.29, 1.82) is 0 Å². The SMILES string of the molecule is Cc1cc(NC(=O)[C@H](C)NC(=O)N2CCOCC2)no1. The van der Waals surface area contributed by atoms with Crippen LogP contribution in [0.5, 0.6) is 0 Å². The molecule has 0 bridgehead atoms. The number of aromatic nitrogens is 1. The predicted octanol–water partition coefficient (Wildman–Crippen LogP) is 0.352. The minimum absolute atomic E-state index is 0.271. The molecule has 2 rings (SSSR count). The van der Waals surface area contributed by atoms with Gasteiger partial charge >= 0.3 is 6.03 Å². The standard InChI is InChI=1S/C12H18N4O4/c1-8-7-10(15-20-8)14-11(17)9(2)13-12(18)16-3-5-19-6-4-16/h7,9H,3-6H2,1-2H3,(H,13,18)(H,14,15,17)/t9-/m0/s1. The lowest BCUT2D eigenvalue weighted by molar-refractivity contribution is -0.117. The molecule has 0 aliphatic carbocycles. The van der Waals surface area contributed by atoms with Crippen LogP contribution >= 0.6 is 0 Å². The van der Waals surface area contributed by atoms with Crippen LogP contribution in [0.25, 0.3) is 0 Å². The number of nitrogens with zero attached hydrogens (tertiary/aromatic N) is 2. The average Bonchev–Trinajstić information content (AvgIpc) is 2.85. The maximum Gasteiger partial charge on any atom is 0.318 e. The monoisotopic (exact) mass is 282 g/mol. The van der Waals surface area contributed by atoms with Crippen LogP contribution in [-0.2, 0) is 9.53 Å². The second-order valence-electron chi connectivity index (χ2n) is 4.58. The first-order valence-corrected chi connectivity index (χ1v) is 6.43. The summed E-state index contributed by atoms with van der Waals surface area (Å²) >= 11 is 0. The smallest absolute Gasteiger partial charge is 0.318 e. The topological polar surface area (TPSA) is 96.7 Å². The largest absolute Gasteiger partial charge is 0.378 e. The van der Waals surface area contributed by atoms with E-state index >= 15 is 0 Å². The maximum atomic E-state index is 11.9. The molecular formula is C12H18N4O4. The van der Waals surface area contributed by atoms with Gasteiger partial charge in [0.25, 0.3) is 0 Å².